The van der Waals surface area contributed by atoms with Crippen LogP contribution in [0, 0.1) is 11.8 Å². The van der Waals surface area contributed by atoms with Crippen LogP contribution in [0.25, 0.3) is 0 Å². The molecule has 1 N–H and O–H groups in total. The van der Waals surface area contributed by atoms with Gasteiger partial charge in [0.2, 0.25) is 0 Å². The molecule has 4 nitrogen and oxygen atoms in total. The van der Waals surface area contributed by atoms with Crippen LogP contribution in [0.2, 0.25) is 0 Å². The van der Waals surface area contributed by atoms with Crippen LogP contribution in [-0.2, 0) is 4.74 Å². The van der Waals surface area contributed by atoms with Gasteiger partial charge < -0.3 is 15.0 Å². The Kier molecular flexibility index (Phi) is 6.17. The number of hydrogen-bond acceptors (Lipinski definition) is 3. The van der Waals surface area contributed by atoms with E-state index < -0.39 is 5.60 Å². The summed E-state index contributed by atoms with van der Waals surface area (Å²) < 4.78 is 5.41. The fourth-order valence-electron chi connectivity index (χ4n) is 2.10. The Morgan fingerprint density at radius 3 is 2.84 bits per heavy atom. The molecular formula is C15H26N2O2. The van der Waals surface area contributed by atoms with Gasteiger partial charge in [0.05, 0.1) is 0 Å². The highest BCUT2D eigenvalue weighted by molar-refractivity contribution is 5.68. The lowest BCUT2D eigenvalue weighted by Gasteiger charge is -2.34. The Morgan fingerprint density at radius 1 is 1.47 bits per heavy atom. The summed E-state index contributed by atoms with van der Waals surface area (Å²) in [6, 6.07) is 0.361. The molecule has 108 valence electrons. The number of amides is 1. The van der Waals surface area contributed by atoms with E-state index in [4.69, 9.17) is 4.74 Å². The number of hydrogen-bond donors (Lipinski definition) is 1. The molecule has 4 heteroatoms. The zero-order valence-electron chi connectivity index (χ0n) is 12.6. The Labute approximate surface area is 116 Å². The first-order valence-electron chi connectivity index (χ1n) is 7.03. The van der Waals surface area contributed by atoms with Crippen molar-refractivity contribution in [2.75, 3.05) is 19.6 Å². The molecule has 1 heterocycles. The van der Waals surface area contributed by atoms with Crippen LogP contribution < -0.4 is 5.32 Å². The molecule has 0 bridgehead atoms. The normalized spacial score (nSPS) is 19.6. The van der Waals surface area contributed by atoms with Crippen molar-refractivity contribution in [3.63, 3.8) is 0 Å². The lowest BCUT2D eigenvalue weighted by atomic mass is 10.1. The van der Waals surface area contributed by atoms with Crippen LogP contribution >= 0.6 is 0 Å². The monoisotopic (exact) mass is 266 g/mol. The summed E-state index contributed by atoms with van der Waals surface area (Å²) in [7, 11) is 0. The van der Waals surface area contributed by atoms with Gasteiger partial charge in [-0.2, -0.15) is 0 Å². The first kappa shape index (κ1) is 15.8. The molecule has 0 unspecified atom stereocenters. The highest BCUT2D eigenvalue weighted by Gasteiger charge is 2.27. The number of nitrogens with one attached hydrogen (secondary N) is 1. The third-order valence-electron chi connectivity index (χ3n) is 2.93. The molecule has 0 aromatic rings. The van der Waals surface area contributed by atoms with Crippen LogP contribution in [0.1, 0.15) is 47.0 Å². The van der Waals surface area contributed by atoms with E-state index in [2.05, 4.69) is 17.2 Å². The average Bonchev–Trinajstić information content (AvgIpc) is 2.33. The maximum atomic E-state index is 12.0. The Balaban J connectivity index is 2.36. The number of carbonyl (C=O) groups is 1. The average molecular weight is 266 g/mol. The number of carbonyl (C=O) groups excluding carboxylic acids is 1. The molecule has 19 heavy (non-hydrogen) atoms. The Morgan fingerprint density at radius 2 is 2.21 bits per heavy atom. The van der Waals surface area contributed by atoms with Gasteiger partial charge in [0.1, 0.15) is 5.60 Å². The predicted octanol–water partition coefficient (Wildman–Crippen LogP) is 2.39. The van der Waals surface area contributed by atoms with E-state index in [1.807, 2.05) is 27.7 Å². The van der Waals surface area contributed by atoms with Crippen molar-refractivity contribution in [2.45, 2.75) is 58.6 Å². The first-order valence-corrected chi connectivity index (χ1v) is 7.03. The van der Waals surface area contributed by atoms with E-state index in [1.165, 1.54) is 0 Å². The van der Waals surface area contributed by atoms with Gasteiger partial charge in [0.25, 0.3) is 0 Å². The zero-order valence-corrected chi connectivity index (χ0v) is 12.6. The molecule has 1 atom stereocenters. The maximum absolute atomic E-state index is 12.0. The minimum atomic E-state index is -0.422. The van der Waals surface area contributed by atoms with Crippen molar-refractivity contribution in [3.05, 3.63) is 0 Å². The Hall–Kier alpha value is -1.21. The maximum Gasteiger partial charge on any atom is 0.410 e. The summed E-state index contributed by atoms with van der Waals surface area (Å²) in [6.45, 7) is 9.95. The van der Waals surface area contributed by atoms with E-state index in [0.717, 1.165) is 38.9 Å². The third-order valence-corrected chi connectivity index (χ3v) is 2.93. The number of likely N-dealkylation sites (tertiary alicyclic amines) is 1. The summed E-state index contributed by atoms with van der Waals surface area (Å²) in [6.07, 6.45) is 2.79. The molecule has 0 saturated carbocycles. The van der Waals surface area contributed by atoms with Crippen LogP contribution in [0.5, 0.6) is 0 Å². The molecule has 1 saturated heterocycles. The van der Waals surface area contributed by atoms with Crippen LogP contribution in [-0.4, -0.2) is 42.3 Å². The van der Waals surface area contributed by atoms with Crippen molar-refractivity contribution in [3.8, 4) is 11.8 Å². The number of nitrogens with zero attached hydrogens (tertiary/aromatic N) is 1. The molecule has 1 amide bonds. The quantitative estimate of drug-likeness (QED) is 0.630. The van der Waals surface area contributed by atoms with E-state index in [9.17, 15) is 4.79 Å². The largest absolute Gasteiger partial charge is 0.444 e. The van der Waals surface area contributed by atoms with Gasteiger partial charge in [0, 0.05) is 32.1 Å². The van der Waals surface area contributed by atoms with Crippen molar-refractivity contribution in [1.82, 2.24) is 10.2 Å². The highest BCUT2D eigenvalue weighted by atomic mass is 16.6. The molecular weight excluding hydrogens is 240 g/mol. The molecule has 1 fully saturated rings. The molecule has 0 spiro atoms. The molecule has 1 rings (SSSR count). The summed E-state index contributed by atoms with van der Waals surface area (Å²) >= 11 is 0. The van der Waals surface area contributed by atoms with Crippen molar-refractivity contribution < 1.29 is 9.53 Å². The van der Waals surface area contributed by atoms with E-state index in [0.29, 0.717) is 6.04 Å². The smallest absolute Gasteiger partial charge is 0.410 e. The summed E-state index contributed by atoms with van der Waals surface area (Å²) in [4.78, 5) is 13.8. The molecule has 0 radical (unpaired) electrons. The van der Waals surface area contributed by atoms with Gasteiger partial charge in [-0.15, -0.1) is 11.8 Å². The van der Waals surface area contributed by atoms with E-state index in [-0.39, 0.29) is 6.09 Å². The fourth-order valence-corrected chi connectivity index (χ4v) is 2.10. The van der Waals surface area contributed by atoms with Gasteiger partial charge in [-0.05, 0) is 40.5 Å². The summed E-state index contributed by atoms with van der Waals surface area (Å²) in [5, 5.41) is 3.45. The molecule has 0 aromatic heterocycles. The number of rotatable bonds is 3. The van der Waals surface area contributed by atoms with Crippen LogP contribution in [0.15, 0.2) is 0 Å². The standard InChI is InChI=1S/C15H26N2O2/c1-5-6-7-10-16-13-9-8-11-17(12-13)14(18)19-15(2,3)4/h13,16H,7-12H2,1-4H3/t13-/m1/s1. The van der Waals surface area contributed by atoms with Gasteiger partial charge >= 0.3 is 6.09 Å². The second-order valence-corrected chi connectivity index (χ2v) is 5.90. The van der Waals surface area contributed by atoms with E-state index in [1.54, 1.807) is 4.90 Å². The Bertz CT molecular complexity index is 349. The summed E-state index contributed by atoms with van der Waals surface area (Å²) in [5.74, 6) is 5.92. The molecule has 1 aliphatic rings. The zero-order chi connectivity index (χ0) is 14.3. The van der Waals surface area contributed by atoms with Gasteiger partial charge in [-0.3, -0.25) is 0 Å². The fraction of sp³-hybridized carbons (Fsp3) is 0.800. The minimum Gasteiger partial charge on any atom is -0.444 e. The molecule has 1 aliphatic heterocycles. The van der Waals surface area contributed by atoms with Gasteiger partial charge in [0.15, 0.2) is 0 Å². The van der Waals surface area contributed by atoms with Gasteiger partial charge in [-0.1, -0.05) is 0 Å². The highest BCUT2D eigenvalue weighted by Crippen LogP contribution is 2.15. The second kappa shape index (κ2) is 7.40. The van der Waals surface area contributed by atoms with Crippen LogP contribution in [0.3, 0.4) is 0 Å². The number of ether oxygens (including phenoxy) is 1. The number of piperidine rings is 1. The first-order chi connectivity index (χ1) is 8.92. The predicted molar refractivity (Wildman–Crippen MR) is 76.9 cm³/mol. The SMILES string of the molecule is CC#CCCN[C@@H]1CCCN(C(=O)OC(C)(C)C)C1. The lowest BCUT2D eigenvalue weighted by molar-refractivity contribution is 0.0188. The lowest BCUT2D eigenvalue weighted by Crippen LogP contribution is -2.49. The van der Waals surface area contributed by atoms with Crippen molar-refractivity contribution >= 4 is 6.09 Å². The minimum absolute atomic E-state index is 0.202. The second-order valence-electron chi connectivity index (χ2n) is 5.90. The van der Waals surface area contributed by atoms with Crippen molar-refractivity contribution in [2.24, 2.45) is 0 Å². The van der Waals surface area contributed by atoms with E-state index >= 15 is 0 Å². The molecule has 0 aliphatic carbocycles. The van der Waals surface area contributed by atoms with Crippen molar-refractivity contribution in [1.29, 1.82) is 0 Å². The van der Waals surface area contributed by atoms with Gasteiger partial charge in [-0.25, -0.2) is 4.79 Å². The van der Waals surface area contributed by atoms with Crippen LogP contribution in [0.4, 0.5) is 4.79 Å². The topological polar surface area (TPSA) is 41.6 Å². The third kappa shape index (κ3) is 6.49. The summed E-state index contributed by atoms with van der Waals surface area (Å²) in [5.41, 5.74) is -0.422. The molecule has 0 aromatic carbocycles.